The van der Waals surface area contributed by atoms with Crippen LogP contribution in [-0.4, -0.2) is 47.8 Å². The number of amides is 1. The monoisotopic (exact) mass is 295 g/mol. The van der Waals surface area contributed by atoms with Gasteiger partial charge >= 0.3 is 0 Å². The topological polar surface area (TPSA) is 49.8 Å². The van der Waals surface area contributed by atoms with Crippen molar-refractivity contribution in [3.63, 3.8) is 0 Å². The van der Waals surface area contributed by atoms with Gasteiger partial charge in [0.1, 0.15) is 0 Å². The fraction of sp³-hybridized carbons (Fsp3) is 0.941. The molecule has 1 amide bonds. The van der Waals surface area contributed by atoms with Gasteiger partial charge in [-0.25, -0.2) is 0 Å². The van der Waals surface area contributed by atoms with Gasteiger partial charge in [-0.05, 0) is 38.0 Å². The van der Waals surface area contributed by atoms with Gasteiger partial charge in [0, 0.05) is 19.0 Å². The van der Waals surface area contributed by atoms with Crippen molar-refractivity contribution < 1.29 is 14.6 Å². The Morgan fingerprint density at radius 3 is 2.67 bits per heavy atom. The minimum atomic E-state index is -0.205. The van der Waals surface area contributed by atoms with E-state index in [9.17, 15) is 9.90 Å². The van der Waals surface area contributed by atoms with E-state index in [1.165, 1.54) is 32.1 Å². The summed E-state index contributed by atoms with van der Waals surface area (Å²) in [5.41, 5.74) is 0. The zero-order valence-corrected chi connectivity index (χ0v) is 13.2. The van der Waals surface area contributed by atoms with Crippen molar-refractivity contribution in [3.8, 4) is 0 Å². The summed E-state index contributed by atoms with van der Waals surface area (Å²) in [4.78, 5) is 14.8. The maximum absolute atomic E-state index is 12.8. The zero-order chi connectivity index (χ0) is 14.8. The average molecular weight is 295 g/mol. The van der Waals surface area contributed by atoms with E-state index in [0.717, 1.165) is 24.7 Å². The molecular weight excluding hydrogens is 266 g/mol. The Labute approximate surface area is 127 Å². The molecule has 5 atom stereocenters. The Hall–Kier alpha value is -0.610. The molecule has 1 aliphatic heterocycles. The number of carbonyl (C=O) groups is 1. The van der Waals surface area contributed by atoms with Crippen molar-refractivity contribution >= 4 is 5.91 Å². The van der Waals surface area contributed by atoms with E-state index >= 15 is 0 Å². The molecule has 0 aromatic rings. The number of nitrogens with zero attached hydrogens (tertiary/aromatic N) is 1. The first-order chi connectivity index (χ1) is 10.2. The van der Waals surface area contributed by atoms with Crippen LogP contribution < -0.4 is 0 Å². The van der Waals surface area contributed by atoms with Gasteiger partial charge in [-0.1, -0.05) is 25.7 Å². The van der Waals surface area contributed by atoms with Gasteiger partial charge in [-0.15, -0.1) is 0 Å². The highest BCUT2D eigenvalue weighted by atomic mass is 16.5. The second kappa shape index (κ2) is 6.66. The molecule has 3 fully saturated rings. The fourth-order valence-electron chi connectivity index (χ4n) is 4.68. The summed E-state index contributed by atoms with van der Waals surface area (Å²) < 4.78 is 5.65. The summed E-state index contributed by atoms with van der Waals surface area (Å²) in [6.45, 7) is 3.23. The first-order valence-electron chi connectivity index (χ1n) is 8.72. The molecular formula is C17H29NO3. The Bertz CT molecular complexity index is 373. The molecule has 5 unspecified atom stereocenters. The van der Waals surface area contributed by atoms with Gasteiger partial charge in [0.05, 0.1) is 18.8 Å². The highest BCUT2D eigenvalue weighted by Crippen LogP contribution is 2.43. The Balaban J connectivity index is 1.59. The summed E-state index contributed by atoms with van der Waals surface area (Å²) in [6, 6.07) is 0. The Morgan fingerprint density at radius 1 is 1.14 bits per heavy atom. The van der Waals surface area contributed by atoms with Crippen LogP contribution >= 0.6 is 0 Å². The number of hydrogen-bond acceptors (Lipinski definition) is 3. The van der Waals surface area contributed by atoms with E-state index in [2.05, 4.69) is 0 Å². The van der Waals surface area contributed by atoms with Crippen LogP contribution in [0.15, 0.2) is 0 Å². The Morgan fingerprint density at radius 2 is 1.90 bits per heavy atom. The minimum Gasteiger partial charge on any atom is -0.394 e. The minimum absolute atomic E-state index is 0.00346. The van der Waals surface area contributed by atoms with Crippen molar-refractivity contribution in [2.75, 3.05) is 19.7 Å². The highest BCUT2D eigenvalue weighted by Gasteiger charge is 2.38. The molecule has 0 spiro atoms. The summed E-state index contributed by atoms with van der Waals surface area (Å²) in [7, 11) is 0. The van der Waals surface area contributed by atoms with Crippen LogP contribution in [0.3, 0.4) is 0 Å². The molecule has 21 heavy (non-hydrogen) atoms. The molecule has 3 rings (SSSR count). The summed E-state index contributed by atoms with van der Waals surface area (Å²) in [5.74, 6) is 2.20. The second-order valence-corrected chi connectivity index (χ2v) is 7.31. The largest absolute Gasteiger partial charge is 0.394 e. The third-order valence-electron chi connectivity index (χ3n) is 5.73. The number of aliphatic hydroxyl groups is 1. The van der Waals surface area contributed by atoms with Crippen molar-refractivity contribution in [1.29, 1.82) is 0 Å². The summed E-state index contributed by atoms with van der Waals surface area (Å²) in [6.07, 6.45) is 8.68. The van der Waals surface area contributed by atoms with Crippen molar-refractivity contribution in [2.24, 2.45) is 17.8 Å². The molecule has 4 heteroatoms. The lowest BCUT2D eigenvalue weighted by atomic mass is 9.67. The van der Waals surface area contributed by atoms with Gasteiger partial charge in [0.25, 0.3) is 0 Å². The van der Waals surface area contributed by atoms with Crippen LogP contribution in [0.2, 0.25) is 0 Å². The smallest absolute Gasteiger partial charge is 0.225 e. The SMILES string of the molecule is CC1CN(C(=O)C2CCC3CCCCC3C2)CC(CO)O1. The van der Waals surface area contributed by atoms with Crippen LogP contribution in [0, 0.1) is 17.8 Å². The van der Waals surface area contributed by atoms with E-state index in [4.69, 9.17) is 4.74 Å². The zero-order valence-electron chi connectivity index (χ0n) is 13.2. The number of carbonyl (C=O) groups excluding carboxylic acids is 1. The van der Waals surface area contributed by atoms with Gasteiger partial charge in [0.2, 0.25) is 5.91 Å². The second-order valence-electron chi connectivity index (χ2n) is 7.31. The number of morpholine rings is 1. The predicted octanol–water partition coefficient (Wildman–Crippen LogP) is 2.20. The molecule has 1 saturated heterocycles. The molecule has 0 aromatic heterocycles. The van der Waals surface area contributed by atoms with Gasteiger partial charge in [-0.2, -0.15) is 0 Å². The van der Waals surface area contributed by atoms with Crippen LogP contribution in [0.25, 0.3) is 0 Å². The van der Waals surface area contributed by atoms with Crippen LogP contribution in [0.4, 0.5) is 0 Å². The lowest BCUT2D eigenvalue weighted by Gasteiger charge is -2.42. The maximum atomic E-state index is 12.8. The molecule has 1 heterocycles. The first-order valence-corrected chi connectivity index (χ1v) is 8.72. The lowest BCUT2D eigenvalue weighted by Crippen LogP contribution is -2.52. The number of rotatable bonds is 2. The number of ether oxygens (including phenoxy) is 1. The quantitative estimate of drug-likeness (QED) is 0.849. The summed E-state index contributed by atoms with van der Waals surface area (Å²) >= 11 is 0. The molecule has 4 nitrogen and oxygen atoms in total. The first kappa shape index (κ1) is 15.3. The third-order valence-corrected chi connectivity index (χ3v) is 5.73. The van der Waals surface area contributed by atoms with Crippen molar-refractivity contribution in [3.05, 3.63) is 0 Å². The normalized spacial score (nSPS) is 40.7. The van der Waals surface area contributed by atoms with E-state index in [0.29, 0.717) is 19.0 Å². The molecule has 120 valence electrons. The predicted molar refractivity (Wildman–Crippen MR) is 80.8 cm³/mol. The lowest BCUT2D eigenvalue weighted by molar-refractivity contribution is -0.153. The molecule has 1 N–H and O–H groups in total. The molecule has 3 aliphatic rings. The van der Waals surface area contributed by atoms with Crippen molar-refractivity contribution in [1.82, 2.24) is 4.90 Å². The maximum Gasteiger partial charge on any atom is 0.225 e. The van der Waals surface area contributed by atoms with Crippen LogP contribution in [0.5, 0.6) is 0 Å². The summed E-state index contributed by atoms with van der Waals surface area (Å²) in [5, 5.41) is 9.31. The highest BCUT2D eigenvalue weighted by molar-refractivity contribution is 5.79. The standard InChI is InChI=1S/C17H29NO3/c1-12-9-18(10-16(11-19)21-12)17(20)15-7-6-13-4-2-3-5-14(13)8-15/h12-16,19H,2-11H2,1H3. The van der Waals surface area contributed by atoms with E-state index < -0.39 is 0 Å². The van der Waals surface area contributed by atoms with Crippen LogP contribution in [-0.2, 0) is 9.53 Å². The van der Waals surface area contributed by atoms with E-state index in [1.807, 2.05) is 11.8 Å². The average Bonchev–Trinajstić information content (AvgIpc) is 2.53. The van der Waals surface area contributed by atoms with Crippen LogP contribution in [0.1, 0.15) is 51.9 Å². The van der Waals surface area contributed by atoms with E-state index in [-0.39, 0.29) is 24.7 Å². The molecule has 2 aliphatic carbocycles. The van der Waals surface area contributed by atoms with E-state index in [1.54, 1.807) is 0 Å². The molecule has 2 saturated carbocycles. The molecule has 0 aromatic carbocycles. The van der Waals surface area contributed by atoms with Gasteiger partial charge in [-0.3, -0.25) is 4.79 Å². The number of fused-ring (bicyclic) bond motifs is 1. The number of hydrogen-bond donors (Lipinski definition) is 1. The van der Waals surface area contributed by atoms with Crippen molar-refractivity contribution in [2.45, 2.75) is 64.1 Å². The van der Waals surface area contributed by atoms with Gasteiger partial charge < -0.3 is 14.7 Å². The molecule has 0 radical (unpaired) electrons. The number of aliphatic hydroxyl groups excluding tert-OH is 1. The molecule has 0 bridgehead atoms. The Kier molecular flexibility index (Phi) is 4.85. The third kappa shape index (κ3) is 3.42. The van der Waals surface area contributed by atoms with Gasteiger partial charge in [0.15, 0.2) is 0 Å². The fourth-order valence-corrected chi connectivity index (χ4v) is 4.68.